The minimum absolute atomic E-state index is 0.0170. The molecule has 7 nitrogen and oxygen atoms in total. The van der Waals surface area contributed by atoms with Gasteiger partial charge < -0.3 is 10.1 Å². The van der Waals surface area contributed by atoms with Gasteiger partial charge in [-0.15, -0.1) is 11.3 Å². The van der Waals surface area contributed by atoms with Crippen LogP contribution in [0, 0.1) is 0 Å². The third-order valence-electron chi connectivity index (χ3n) is 4.71. The molecule has 8 heteroatoms. The van der Waals surface area contributed by atoms with Crippen molar-refractivity contribution < 1.29 is 9.53 Å². The molecule has 29 heavy (non-hydrogen) atoms. The van der Waals surface area contributed by atoms with Crippen LogP contribution in [0.25, 0.3) is 10.2 Å². The van der Waals surface area contributed by atoms with Gasteiger partial charge in [-0.3, -0.25) is 18.7 Å². The lowest BCUT2D eigenvalue weighted by molar-refractivity contribution is -0.122. The average Bonchev–Trinajstić information content (AvgIpc) is 3.19. The van der Waals surface area contributed by atoms with Crippen LogP contribution in [0.2, 0.25) is 0 Å². The van der Waals surface area contributed by atoms with Gasteiger partial charge in [-0.05, 0) is 49.4 Å². The van der Waals surface area contributed by atoms with E-state index in [1.807, 2.05) is 45.0 Å². The zero-order chi connectivity index (χ0) is 21.0. The Bertz CT molecular complexity index is 1130. The summed E-state index contributed by atoms with van der Waals surface area (Å²) in [6.45, 7) is 6.29. The van der Waals surface area contributed by atoms with Crippen molar-refractivity contribution in [2.75, 3.05) is 6.61 Å². The maximum atomic E-state index is 13.1. The predicted molar refractivity (Wildman–Crippen MR) is 115 cm³/mol. The third-order valence-corrected chi connectivity index (χ3v) is 5.60. The van der Waals surface area contributed by atoms with Gasteiger partial charge in [0.25, 0.3) is 5.56 Å². The maximum Gasteiger partial charge on any atom is 0.332 e. The van der Waals surface area contributed by atoms with Crippen molar-refractivity contribution in [1.29, 1.82) is 0 Å². The van der Waals surface area contributed by atoms with E-state index in [9.17, 15) is 14.4 Å². The molecule has 1 amide bonds. The smallest absolute Gasteiger partial charge is 0.332 e. The molecule has 1 aromatic carbocycles. The summed E-state index contributed by atoms with van der Waals surface area (Å²) >= 11 is 1.27. The highest BCUT2D eigenvalue weighted by molar-refractivity contribution is 7.17. The van der Waals surface area contributed by atoms with Gasteiger partial charge in [0, 0.05) is 6.04 Å². The summed E-state index contributed by atoms with van der Waals surface area (Å²) in [5.41, 5.74) is 0.424. The van der Waals surface area contributed by atoms with Crippen LogP contribution in [0.4, 0.5) is 0 Å². The second-order valence-electron chi connectivity index (χ2n) is 6.85. The van der Waals surface area contributed by atoms with Crippen molar-refractivity contribution in [2.24, 2.45) is 0 Å². The first-order valence-electron chi connectivity index (χ1n) is 9.66. The monoisotopic (exact) mass is 415 g/mol. The fraction of sp³-hybridized carbons (Fsp3) is 0.381. The summed E-state index contributed by atoms with van der Waals surface area (Å²) in [5, 5.41) is 4.63. The Balaban J connectivity index is 2.02. The Morgan fingerprint density at radius 1 is 1.21 bits per heavy atom. The van der Waals surface area contributed by atoms with E-state index in [-0.39, 0.29) is 30.6 Å². The van der Waals surface area contributed by atoms with Crippen LogP contribution in [0.5, 0.6) is 5.75 Å². The van der Waals surface area contributed by atoms with Crippen molar-refractivity contribution in [2.45, 2.75) is 46.3 Å². The first-order valence-corrected chi connectivity index (χ1v) is 10.5. The van der Waals surface area contributed by atoms with E-state index in [0.29, 0.717) is 22.6 Å². The summed E-state index contributed by atoms with van der Waals surface area (Å²) in [5.74, 6) is 0.431. The summed E-state index contributed by atoms with van der Waals surface area (Å²) < 4.78 is 8.52. The maximum absolute atomic E-state index is 13.1. The van der Waals surface area contributed by atoms with Gasteiger partial charge in [0.15, 0.2) is 0 Å². The van der Waals surface area contributed by atoms with Crippen molar-refractivity contribution >= 4 is 27.5 Å². The Morgan fingerprint density at radius 3 is 2.72 bits per heavy atom. The summed E-state index contributed by atoms with van der Waals surface area (Å²) in [7, 11) is 0. The van der Waals surface area contributed by atoms with Crippen molar-refractivity contribution in [3.8, 4) is 5.75 Å². The average molecular weight is 416 g/mol. The number of benzene rings is 1. The highest BCUT2D eigenvalue weighted by atomic mass is 32.1. The first-order chi connectivity index (χ1) is 13.9. The summed E-state index contributed by atoms with van der Waals surface area (Å²) in [6, 6.07) is 9.03. The number of aromatic nitrogens is 2. The number of ether oxygens (including phenoxy) is 1. The Kier molecular flexibility index (Phi) is 6.53. The quantitative estimate of drug-likeness (QED) is 0.613. The molecule has 1 N–H and O–H groups in total. The van der Waals surface area contributed by atoms with E-state index in [4.69, 9.17) is 4.74 Å². The van der Waals surface area contributed by atoms with Crippen LogP contribution in [0.15, 0.2) is 45.3 Å². The van der Waals surface area contributed by atoms with Gasteiger partial charge in [-0.2, -0.15) is 0 Å². The van der Waals surface area contributed by atoms with Crippen LogP contribution in [0.1, 0.15) is 32.8 Å². The standard InChI is InChI=1S/C21H25N3O4S/c1-4-14(3)22-18(25)13-23-17-9-10-29-19(17)20(26)24(21(23)27)12-15-7-6-8-16(11-15)28-5-2/h6-11,14H,4-5,12-13H2,1-3H3,(H,22,25). The summed E-state index contributed by atoms with van der Waals surface area (Å²) in [6.07, 6.45) is 0.796. The van der Waals surface area contributed by atoms with Crippen molar-refractivity contribution in [1.82, 2.24) is 14.5 Å². The van der Waals surface area contributed by atoms with E-state index in [1.54, 1.807) is 11.4 Å². The number of rotatable bonds is 8. The molecule has 0 fully saturated rings. The molecule has 1 unspecified atom stereocenters. The Hall–Kier alpha value is -2.87. The Labute approximate surface area is 172 Å². The minimum atomic E-state index is -0.498. The largest absolute Gasteiger partial charge is 0.494 e. The molecule has 2 heterocycles. The summed E-state index contributed by atoms with van der Waals surface area (Å²) in [4.78, 5) is 38.4. The van der Waals surface area contributed by atoms with Crippen LogP contribution in [-0.2, 0) is 17.9 Å². The Morgan fingerprint density at radius 2 is 2.00 bits per heavy atom. The van der Waals surface area contributed by atoms with E-state index >= 15 is 0 Å². The number of nitrogens with zero attached hydrogens (tertiary/aromatic N) is 2. The molecule has 154 valence electrons. The van der Waals surface area contributed by atoms with Gasteiger partial charge in [-0.25, -0.2) is 4.79 Å². The normalized spacial score (nSPS) is 12.1. The van der Waals surface area contributed by atoms with Crippen LogP contribution >= 0.6 is 11.3 Å². The fourth-order valence-corrected chi connectivity index (χ4v) is 3.92. The highest BCUT2D eigenvalue weighted by Gasteiger charge is 2.17. The van der Waals surface area contributed by atoms with Crippen LogP contribution in [0.3, 0.4) is 0 Å². The number of hydrogen-bond donors (Lipinski definition) is 1. The molecule has 0 aliphatic carbocycles. The highest BCUT2D eigenvalue weighted by Crippen LogP contribution is 2.17. The van der Waals surface area contributed by atoms with Gasteiger partial charge in [0.05, 0.1) is 18.7 Å². The number of thiophene rings is 1. The molecule has 0 saturated carbocycles. The topological polar surface area (TPSA) is 82.3 Å². The molecule has 1 atom stereocenters. The third kappa shape index (κ3) is 4.59. The number of carbonyl (C=O) groups excluding carboxylic acids is 1. The number of hydrogen-bond acceptors (Lipinski definition) is 5. The number of carbonyl (C=O) groups is 1. The lowest BCUT2D eigenvalue weighted by Crippen LogP contribution is -2.43. The van der Waals surface area contributed by atoms with E-state index < -0.39 is 5.69 Å². The first kappa shape index (κ1) is 20.9. The SMILES string of the molecule is CCOc1cccc(Cn2c(=O)c3sccc3n(CC(=O)NC(C)CC)c2=O)c1. The minimum Gasteiger partial charge on any atom is -0.494 e. The number of nitrogens with one attached hydrogen (secondary N) is 1. The van der Waals surface area contributed by atoms with Crippen LogP contribution < -0.4 is 21.3 Å². The zero-order valence-electron chi connectivity index (χ0n) is 16.8. The predicted octanol–water partition coefficient (Wildman–Crippen LogP) is 2.59. The fourth-order valence-electron chi connectivity index (χ4n) is 3.07. The molecule has 0 spiro atoms. The van der Waals surface area contributed by atoms with Gasteiger partial charge >= 0.3 is 5.69 Å². The van der Waals surface area contributed by atoms with Gasteiger partial charge in [0.1, 0.15) is 17.0 Å². The molecule has 3 rings (SSSR count). The van der Waals surface area contributed by atoms with Gasteiger partial charge in [0.2, 0.25) is 5.91 Å². The molecule has 2 aromatic heterocycles. The van der Waals surface area contributed by atoms with Crippen LogP contribution in [-0.4, -0.2) is 27.7 Å². The molecular weight excluding hydrogens is 390 g/mol. The zero-order valence-corrected chi connectivity index (χ0v) is 17.6. The number of fused-ring (bicyclic) bond motifs is 1. The molecule has 0 aliphatic heterocycles. The van der Waals surface area contributed by atoms with E-state index in [2.05, 4.69) is 5.32 Å². The van der Waals surface area contributed by atoms with E-state index in [0.717, 1.165) is 12.0 Å². The van der Waals surface area contributed by atoms with E-state index in [1.165, 1.54) is 20.5 Å². The second kappa shape index (κ2) is 9.09. The number of amides is 1. The lowest BCUT2D eigenvalue weighted by atomic mass is 10.2. The molecule has 3 aromatic rings. The lowest BCUT2D eigenvalue weighted by Gasteiger charge is -2.15. The molecule has 0 radical (unpaired) electrons. The second-order valence-corrected chi connectivity index (χ2v) is 7.77. The molecular formula is C21H25N3O4S. The molecule has 0 bridgehead atoms. The van der Waals surface area contributed by atoms with Crippen molar-refractivity contribution in [3.05, 3.63) is 62.1 Å². The van der Waals surface area contributed by atoms with Gasteiger partial charge in [-0.1, -0.05) is 19.1 Å². The molecule has 0 aliphatic rings. The van der Waals surface area contributed by atoms with Crippen molar-refractivity contribution in [3.63, 3.8) is 0 Å². The molecule has 0 saturated heterocycles.